The van der Waals surface area contributed by atoms with Gasteiger partial charge < -0.3 is 15.4 Å². The van der Waals surface area contributed by atoms with Crippen LogP contribution in [0.3, 0.4) is 0 Å². The molecule has 0 saturated heterocycles. The number of benzene rings is 1. The summed E-state index contributed by atoms with van der Waals surface area (Å²) in [5.74, 6) is -0.882. The fourth-order valence-electron chi connectivity index (χ4n) is 1.73. The van der Waals surface area contributed by atoms with Crippen molar-refractivity contribution < 1.29 is 14.3 Å². The Labute approximate surface area is 116 Å². The number of methoxy groups -OCH3 is 1. The van der Waals surface area contributed by atoms with Crippen LogP contribution in [0.5, 0.6) is 0 Å². The fraction of sp³-hybridized carbons (Fsp3) is 0.357. The molecular weight excluding hydrogens is 258 g/mol. The maximum Gasteiger partial charge on any atom is 0.337 e. The second-order valence-corrected chi connectivity index (χ2v) is 4.55. The highest BCUT2D eigenvalue weighted by molar-refractivity contribution is 5.98. The van der Waals surface area contributed by atoms with Crippen molar-refractivity contribution in [2.75, 3.05) is 17.7 Å². The zero-order valence-corrected chi connectivity index (χ0v) is 11.1. The van der Waals surface area contributed by atoms with Crippen molar-refractivity contribution in [3.63, 3.8) is 0 Å². The maximum absolute atomic E-state index is 11.5. The van der Waals surface area contributed by atoms with Gasteiger partial charge in [-0.25, -0.2) is 4.79 Å². The van der Waals surface area contributed by atoms with E-state index < -0.39 is 11.9 Å². The lowest BCUT2D eigenvalue weighted by Crippen LogP contribution is -2.14. The lowest BCUT2D eigenvalue weighted by atomic mass is 10.1. The first-order chi connectivity index (χ1) is 9.63. The monoisotopic (exact) mass is 273 g/mol. The van der Waals surface area contributed by atoms with Crippen LogP contribution in [0.4, 0.5) is 11.4 Å². The van der Waals surface area contributed by atoms with Gasteiger partial charge in [-0.15, -0.1) is 0 Å². The molecular formula is C14H15N3O3. The lowest BCUT2D eigenvalue weighted by Gasteiger charge is -2.13. The molecule has 0 aliphatic heterocycles. The van der Waals surface area contributed by atoms with Crippen molar-refractivity contribution in [3.05, 3.63) is 23.8 Å². The standard InChI is InChI=1S/C14H15N3O3/c1-20-14(19)9-2-5-11(16-10-3-4-10)12(8-9)17-13(18)6-7-15/h2,5,8,10,16H,3-4,6H2,1H3,(H,17,18). The number of nitrogens with one attached hydrogen (secondary N) is 2. The summed E-state index contributed by atoms with van der Waals surface area (Å²) in [6.07, 6.45) is 1.94. The van der Waals surface area contributed by atoms with Crippen LogP contribution < -0.4 is 10.6 Å². The number of hydrogen-bond donors (Lipinski definition) is 2. The number of nitrogens with zero attached hydrogens (tertiary/aromatic N) is 1. The number of carbonyl (C=O) groups excluding carboxylic acids is 2. The molecule has 1 aliphatic carbocycles. The molecule has 0 spiro atoms. The molecule has 0 bridgehead atoms. The quantitative estimate of drug-likeness (QED) is 0.799. The molecule has 2 rings (SSSR count). The van der Waals surface area contributed by atoms with Crippen LogP contribution in [0, 0.1) is 11.3 Å². The van der Waals surface area contributed by atoms with Crippen molar-refractivity contribution in [2.24, 2.45) is 0 Å². The topological polar surface area (TPSA) is 91.2 Å². The van der Waals surface area contributed by atoms with E-state index >= 15 is 0 Å². The van der Waals surface area contributed by atoms with Gasteiger partial charge in [0.2, 0.25) is 5.91 Å². The maximum atomic E-state index is 11.5. The highest BCUT2D eigenvalue weighted by Gasteiger charge is 2.22. The first-order valence-electron chi connectivity index (χ1n) is 6.29. The number of amides is 1. The van der Waals surface area contributed by atoms with Crippen molar-refractivity contribution in [2.45, 2.75) is 25.3 Å². The lowest BCUT2D eigenvalue weighted by molar-refractivity contribution is -0.115. The molecule has 20 heavy (non-hydrogen) atoms. The van der Waals surface area contributed by atoms with Gasteiger partial charge in [0.25, 0.3) is 0 Å². The molecule has 1 aromatic rings. The number of nitriles is 1. The first kappa shape index (κ1) is 13.9. The molecule has 0 aromatic heterocycles. The van der Waals surface area contributed by atoms with Crippen LogP contribution in [-0.4, -0.2) is 25.0 Å². The van der Waals surface area contributed by atoms with E-state index in [9.17, 15) is 9.59 Å². The van der Waals surface area contributed by atoms with Gasteiger partial charge in [-0.2, -0.15) is 5.26 Å². The zero-order valence-electron chi connectivity index (χ0n) is 11.1. The Morgan fingerprint density at radius 1 is 1.40 bits per heavy atom. The average molecular weight is 273 g/mol. The average Bonchev–Trinajstić information content (AvgIpc) is 3.24. The molecule has 1 aromatic carbocycles. The van der Waals surface area contributed by atoms with E-state index in [1.54, 1.807) is 24.3 Å². The largest absolute Gasteiger partial charge is 0.465 e. The third kappa shape index (κ3) is 3.48. The van der Waals surface area contributed by atoms with Crippen LogP contribution in [0.2, 0.25) is 0 Å². The minimum Gasteiger partial charge on any atom is -0.465 e. The summed E-state index contributed by atoms with van der Waals surface area (Å²) in [5.41, 5.74) is 1.58. The number of anilines is 2. The second kappa shape index (κ2) is 6.06. The van der Waals surface area contributed by atoms with E-state index in [-0.39, 0.29) is 6.42 Å². The van der Waals surface area contributed by atoms with Crippen molar-refractivity contribution in [3.8, 4) is 6.07 Å². The summed E-state index contributed by atoms with van der Waals surface area (Å²) in [5, 5.41) is 14.4. The second-order valence-electron chi connectivity index (χ2n) is 4.55. The molecule has 2 N–H and O–H groups in total. The number of hydrogen-bond acceptors (Lipinski definition) is 5. The van der Waals surface area contributed by atoms with Gasteiger partial charge >= 0.3 is 5.97 Å². The molecule has 6 nitrogen and oxygen atoms in total. The molecule has 0 unspecified atom stereocenters. The van der Waals surface area contributed by atoms with Gasteiger partial charge in [0.15, 0.2) is 0 Å². The number of rotatable bonds is 5. The van der Waals surface area contributed by atoms with Crippen molar-refractivity contribution in [1.82, 2.24) is 0 Å². The van der Waals surface area contributed by atoms with E-state index in [1.165, 1.54) is 7.11 Å². The fourth-order valence-corrected chi connectivity index (χ4v) is 1.73. The number of ether oxygens (including phenoxy) is 1. The van der Waals surface area contributed by atoms with Gasteiger partial charge in [-0.05, 0) is 31.0 Å². The van der Waals surface area contributed by atoms with Gasteiger partial charge in [0.1, 0.15) is 6.42 Å². The van der Waals surface area contributed by atoms with Gasteiger partial charge in [0.05, 0.1) is 30.1 Å². The Hall–Kier alpha value is -2.55. The Balaban J connectivity index is 2.24. The molecule has 0 atom stereocenters. The highest BCUT2D eigenvalue weighted by atomic mass is 16.5. The van der Waals surface area contributed by atoms with Crippen molar-refractivity contribution in [1.29, 1.82) is 5.26 Å². The minimum atomic E-state index is -0.473. The summed E-state index contributed by atoms with van der Waals surface area (Å²) in [6.45, 7) is 0. The van der Waals surface area contributed by atoms with Crippen molar-refractivity contribution >= 4 is 23.3 Å². The van der Waals surface area contributed by atoms with E-state index in [1.807, 2.05) is 0 Å². The molecule has 1 saturated carbocycles. The smallest absolute Gasteiger partial charge is 0.337 e. The molecule has 1 fully saturated rings. The van der Waals surface area contributed by atoms with Crippen LogP contribution in [-0.2, 0) is 9.53 Å². The highest BCUT2D eigenvalue weighted by Crippen LogP contribution is 2.30. The van der Waals surface area contributed by atoms with Gasteiger partial charge in [-0.1, -0.05) is 0 Å². The Kier molecular flexibility index (Phi) is 4.20. The Morgan fingerprint density at radius 3 is 2.75 bits per heavy atom. The molecule has 0 radical (unpaired) electrons. The number of esters is 1. The molecule has 104 valence electrons. The summed E-state index contributed by atoms with van der Waals surface area (Å²) in [7, 11) is 1.30. The summed E-state index contributed by atoms with van der Waals surface area (Å²) < 4.78 is 4.65. The van der Waals surface area contributed by atoms with Gasteiger partial charge in [0, 0.05) is 6.04 Å². The summed E-state index contributed by atoms with van der Waals surface area (Å²) in [4.78, 5) is 23.1. The molecule has 6 heteroatoms. The van der Waals surface area contributed by atoms with E-state index in [4.69, 9.17) is 5.26 Å². The molecule has 0 heterocycles. The third-order valence-corrected chi connectivity index (χ3v) is 2.89. The Morgan fingerprint density at radius 2 is 2.15 bits per heavy atom. The van der Waals surface area contributed by atoms with Crippen LogP contribution in [0.25, 0.3) is 0 Å². The van der Waals surface area contributed by atoms with Gasteiger partial charge in [-0.3, -0.25) is 4.79 Å². The third-order valence-electron chi connectivity index (χ3n) is 2.89. The summed E-state index contributed by atoms with van der Waals surface area (Å²) >= 11 is 0. The molecule has 1 aliphatic rings. The SMILES string of the molecule is COC(=O)c1ccc(NC2CC2)c(NC(=O)CC#N)c1. The first-order valence-corrected chi connectivity index (χ1v) is 6.29. The minimum absolute atomic E-state index is 0.231. The van der Waals surface area contributed by atoms with E-state index in [2.05, 4.69) is 15.4 Å². The molecule has 1 amide bonds. The van der Waals surface area contributed by atoms with Crippen LogP contribution in [0.15, 0.2) is 18.2 Å². The summed E-state index contributed by atoms with van der Waals surface area (Å²) in [6, 6.07) is 7.10. The predicted molar refractivity (Wildman–Crippen MR) is 73.3 cm³/mol. The van der Waals surface area contributed by atoms with Crippen LogP contribution >= 0.6 is 0 Å². The van der Waals surface area contributed by atoms with E-state index in [0.29, 0.717) is 17.3 Å². The predicted octanol–water partition coefficient (Wildman–Crippen LogP) is 1.90. The number of carbonyl (C=O) groups is 2. The van der Waals surface area contributed by atoms with E-state index in [0.717, 1.165) is 18.5 Å². The zero-order chi connectivity index (χ0) is 14.5. The van der Waals surface area contributed by atoms with Crippen LogP contribution in [0.1, 0.15) is 29.6 Å². The normalized spacial score (nSPS) is 13.2. The Bertz CT molecular complexity index is 574.